The van der Waals surface area contributed by atoms with Crippen molar-refractivity contribution in [2.24, 2.45) is 0 Å². The van der Waals surface area contributed by atoms with E-state index in [2.05, 4.69) is 34.9 Å². The van der Waals surface area contributed by atoms with E-state index in [9.17, 15) is 4.79 Å². The standard InChI is InChI=1S/C19H22N2O2/c1-20-11-6-12-21-19(22)23-13-18-16-9-4-2-7-14(16)15-8-3-5-10-17(15)18/h2-5,7-10,18,20H,6,11-13H2,1H3,(H,21,22). The van der Waals surface area contributed by atoms with E-state index >= 15 is 0 Å². The van der Waals surface area contributed by atoms with Gasteiger partial charge in [-0.3, -0.25) is 0 Å². The highest BCUT2D eigenvalue weighted by Crippen LogP contribution is 2.44. The Morgan fingerprint density at radius 3 is 2.22 bits per heavy atom. The summed E-state index contributed by atoms with van der Waals surface area (Å²) in [5, 5.41) is 5.84. The molecule has 4 nitrogen and oxygen atoms in total. The summed E-state index contributed by atoms with van der Waals surface area (Å²) in [6, 6.07) is 16.7. The van der Waals surface area contributed by atoms with Gasteiger partial charge < -0.3 is 15.4 Å². The SMILES string of the molecule is CNCCCNC(=O)OCC1c2ccccc2-c2ccccc21. The van der Waals surface area contributed by atoms with E-state index < -0.39 is 0 Å². The highest BCUT2D eigenvalue weighted by Gasteiger charge is 2.28. The molecule has 4 heteroatoms. The van der Waals surface area contributed by atoms with Crippen molar-refractivity contribution in [2.45, 2.75) is 12.3 Å². The summed E-state index contributed by atoms with van der Waals surface area (Å²) in [6.07, 6.45) is 0.545. The Balaban J connectivity index is 1.65. The lowest BCUT2D eigenvalue weighted by atomic mass is 9.98. The van der Waals surface area contributed by atoms with Crippen LogP contribution in [-0.2, 0) is 4.74 Å². The molecule has 2 N–H and O–H groups in total. The smallest absolute Gasteiger partial charge is 0.407 e. The van der Waals surface area contributed by atoms with Gasteiger partial charge in [-0.1, -0.05) is 48.5 Å². The number of alkyl carbamates (subject to hydrolysis) is 1. The normalized spacial score (nSPS) is 12.6. The average molecular weight is 310 g/mol. The molecule has 0 bridgehead atoms. The van der Waals surface area contributed by atoms with Crippen LogP contribution in [-0.4, -0.2) is 32.8 Å². The van der Waals surface area contributed by atoms with E-state index in [1.807, 2.05) is 31.3 Å². The van der Waals surface area contributed by atoms with Crippen LogP contribution in [0.3, 0.4) is 0 Å². The van der Waals surface area contributed by atoms with Crippen LogP contribution in [0, 0.1) is 0 Å². The molecule has 0 saturated carbocycles. The van der Waals surface area contributed by atoms with Crippen molar-refractivity contribution in [1.82, 2.24) is 10.6 Å². The number of carbonyl (C=O) groups is 1. The number of fused-ring (bicyclic) bond motifs is 3. The van der Waals surface area contributed by atoms with Gasteiger partial charge in [0.2, 0.25) is 0 Å². The second kappa shape index (κ2) is 7.29. The Kier molecular flexibility index (Phi) is 4.93. The van der Waals surface area contributed by atoms with Gasteiger partial charge in [0.25, 0.3) is 0 Å². The van der Waals surface area contributed by atoms with Gasteiger partial charge >= 0.3 is 6.09 Å². The zero-order chi connectivity index (χ0) is 16.1. The third kappa shape index (κ3) is 3.37. The first-order valence-electron chi connectivity index (χ1n) is 8.04. The fraction of sp³-hybridized carbons (Fsp3) is 0.316. The van der Waals surface area contributed by atoms with Gasteiger partial charge in [0.05, 0.1) is 0 Å². The Morgan fingerprint density at radius 1 is 1.00 bits per heavy atom. The van der Waals surface area contributed by atoms with Gasteiger partial charge in [0.1, 0.15) is 6.61 Å². The summed E-state index contributed by atoms with van der Waals surface area (Å²) >= 11 is 0. The molecule has 1 aliphatic rings. The first-order chi connectivity index (χ1) is 11.3. The summed E-state index contributed by atoms with van der Waals surface area (Å²) in [6.45, 7) is 1.87. The molecular weight excluding hydrogens is 288 g/mol. The van der Waals surface area contributed by atoms with Gasteiger partial charge in [-0.2, -0.15) is 0 Å². The van der Waals surface area contributed by atoms with Gasteiger partial charge in [0, 0.05) is 12.5 Å². The second-order valence-corrected chi connectivity index (χ2v) is 5.71. The van der Waals surface area contributed by atoms with E-state index in [-0.39, 0.29) is 12.0 Å². The van der Waals surface area contributed by atoms with Crippen molar-refractivity contribution in [3.63, 3.8) is 0 Å². The predicted molar refractivity (Wildman–Crippen MR) is 91.6 cm³/mol. The summed E-state index contributed by atoms with van der Waals surface area (Å²) in [5.74, 6) is 0.116. The van der Waals surface area contributed by atoms with E-state index in [0.717, 1.165) is 13.0 Å². The van der Waals surface area contributed by atoms with Gasteiger partial charge in [-0.25, -0.2) is 4.79 Å². The quantitative estimate of drug-likeness (QED) is 0.806. The molecule has 0 spiro atoms. The molecule has 0 saturated heterocycles. The number of benzene rings is 2. The minimum absolute atomic E-state index is 0.116. The lowest BCUT2D eigenvalue weighted by Gasteiger charge is -2.14. The number of nitrogens with one attached hydrogen (secondary N) is 2. The maximum absolute atomic E-state index is 11.8. The largest absolute Gasteiger partial charge is 0.449 e. The van der Waals surface area contributed by atoms with Crippen molar-refractivity contribution in [3.8, 4) is 11.1 Å². The van der Waals surface area contributed by atoms with Crippen LogP contribution < -0.4 is 10.6 Å². The topological polar surface area (TPSA) is 50.4 Å². The van der Waals surface area contributed by atoms with Crippen molar-refractivity contribution in [3.05, 3.63) is 59.7 Å². The number of rotatable bonds is 6. The molecule has 0 aromatic heterocycles. The lowest BCUT2D eigenvalue weighted by Crippen LogP contribution is -2.28. The van der Waals surface area contributed by atoms with Crippen LogP contribution in [0.1, 0.15) is 23.5 Å². The van der Waals surface area contributed by atoms with Crippen molar-refractivity contribution >= 4 is 6.09 Å². The van der Waals surface area contributed by atoms with Crippen molar-refractivity contribution < 1.29 is 9.53 Å². The van der Waals surface area contributed by atoms with Gasteiger partial charge in [-0.05, 0) is 42.3 Å². The Morgan fingerprint density at radius 2 is 1.61 bits per heavy atom. The maximum Gasteiger partial charge on any atom is 0.407 e. The van der Waals surface area contributed by atoms with E-state index in [1.165, 1.54) is 22.3 Å². The van der Waals surface area contributed by atoms with Crippen LogP contribution >= 0.6 is 0 Å². The molecule has 1 aliphatic carbocycles. The Bertz CT molecular complexity index is 639. The summed E-state index contributed by atoms with van der Waals surface area (Å²) < 4.78 is 5.45. The molecule has 3 rings (SSSR count). The zero-order valence-electron chi connectivity index (χ0n) is 13.3. The third-order valence-electron chi connectivity index (χ3n) is 4.22. The van der Waals surface area contributed by atoms with E-state index in [0.29, 0.717) is 13.2 Å². The number of carbonyl (C=O) groups excluding carboxylic acids is 1. The van der Waals surface area contributed by atoms with Crippen LogP contribution in [0.4, 0.5) is 4.79 Å². The number of hydrogen-bond acceptors (Lipinski definition) is 3. The molecule has 23 heavy (non-hydrogen) atoms. The van der Waals surface area contributed by atoms with Crippen LogP contribution in [0.2, 0.25) is 0 Å². The summed E-state index contributed by atoms with van der Waals surface area (Å²) in [5.41, 5.74) is 4.95. The molecule has 120 valence electrons. The van der Waals surface area contributed by atoms with Crippen LogP contribution in [0.25, 0.3) is 11.1 Å². The number of hydrogen-bond donors (Lipinski definition) is 2. The lowest BCUT2D eigenvalue weighted by molar-refractivity contribution is 0.143. The monoisotopic (exact) mass is 310 g/mol. The summed E-state index contributed by atoms with van der Waals surface area (Å²) in [7, 11) is 1.90. The van der Waals surface area contributed by atoms with E-state index in [1.54, 1.807) is 0 Å². The number of ether oxygens (including phenoxy) is 1. The van der Waals surface area contributed by atoms with Crippen molar-refractivity contribution in [1.29, 1.82) is 0 Å². The van der Waals surface area contributed by atoms with Gasteiger partial charge in [0.15, 0.2) is 0 Å². The maximum atomic E-state index is 11.8. The highest BCUT2D eigenvalue weighted by atomic mass is 16.5. The molecule has 1 amide bonds. The third-order valence-corrected chi connectivity index (χ3v) is 4.22. The molecule has 0 heterocycles. The van der Waals surface area contributed by atoms with Crippen molar-refractivity contribution in [2.75, 3.05) is 26.7 Å². The first-order valence-corrected chi connectivity index (χ1v) is 8.04. The molecule has 0 fully saturated rings. The number of amides is 1. The Hall–Kier alpha value is -2.33. The van der Waals surface area contributed by atoms with Crippen LogP contribution in [0.15, 0.2) is 48.5 Å². The minimum atomic E-state index is -0.344. The molecule has 0 unspecified atom stereocenters. The summed E-state index contributed by atoms with van der Waals surface area (Å²) in [4.78, 5) is 11.8. The fourth-order valence-electron chi connectivity index (χ4n) is 3.11. The molecule has 2 aromatic carbocycles. The average Bonchev–Trinajstić information content (AvgIpc) is 2.91. The highest BCUT2D eigenvalue weighted by molar-refractivity contribution is 5.79. The van der Waals surface area contributed by atoms with Crippen LogP contribution in [0.5, 0.6) is 0 Å². The zero-order valence-corrected chi connectivity index (χ0v) is 13.3. The Labute approximate surface area is 136 Å². The molecule has 0 aliphatic heterocycles. The molecule has 2 aromatic rings. The first kappa shape index (κ1) is 15.6. The molecular formula is C19H22N2O2. The van der Waals surface area contributed by atoms with Gasteiger partial charge in [-0.15, -0.1) is 0 Å². The molecule has 0 atom stereocenters. The second-order valence-electron chi connectivity index (χ2n) is 5.71. The molecule has 0 radical (unpaired) electrons. The van der Waals surface area contributed by atoms with E-state index in [4.69, 9.17) is 4.74 Å². The minimum Gasteiger partial charge on any atom is -0.449 e. The fourth-order valence-corrected chi connectivity index (χ4v) is 3.11. The predicted octanol–water partition coefficient (Wildman–Crippen LogP) is 3.13.